The lowest BCUT2D eigenvalue weighted by molar-refractivity contribution is -0.161. The fourth-order valence-corrected chi connectivity index (χ4v) is 2.61. The van der Waals surface area contributed by atoms with E-state index in [1.165, 1.54) is 0 Å². The van der Waals surface area contributed by atoms with Crippen LogP contribution in [-0.2, 0) is 25.5 Å². The normalized spacial score (nSPS) is 26.5. The summed E-state index contributed by atoms with van der Waals surface area (Å²) in [6, 6.07) is 3.46. The minimum atomic E-state index is -0.778. The zero-order chi connectivity index (χ0) is 16.6. The molecule has 0 bridgehead atoms. The highest BCUT2D eigenvalue weighted by molar-refractivity contribution is 6.29. The summed E-state index contributed by atoms with van der Waals surface area (Å²) in [5.74, 6) is -1.97. The standard InChI is InChI=1S/C15H17ClN2O5/c1-15(2)21-7-9(23-15)13-11(12(19)14(20)22-13)18-6-8-3-4-10(16)17-5-8/h3-5,9,13,18-19H,6-7H2,1-2H3. The fraction of sp³-hybridized carbons (Fsp3) is 0.467. The van der Waals surface area contributed by atoms with Gasteiger partial charge in [-0.1, -0.05) is 17.7 Å². The van der Waals surface area contributed by atoms with Crippen molar-refractivity contribution in [3.8, 4) is 0 Å². The van der Waals surface area contributed by atoms with E-state index in [4.69, 9.17) is 25.8 Å². The smallest absolute Gasteiger partial charge is 0.376 e. The van der Waals surface area contributed by atoms with Gasteiger partial charge in [0.25, 0.3) is 0 Å². The molecule has 2 atom stereocenters. The highest BCUT2D eigenvalue weighted by Crippen LogP contribution is 2.31. The number of pyridine rings is 1. The van der Waals surface area contributed by atoms with Gasteiger partial charge in [0.2, 0.25) is 5.76 Å². The van der Waals surface area contributed by atoms with Gasteiger partial charge in [-0.15, -0.1) is 0 Å². The summed E-state index contributed by atoms with van der Waals surface area (Å²) in [5, 5.41) is 13.4. The van der Waals surface area contributed by atoms with E-state index >= 15 is 0 Å². The average molecular weight is 341 g/mol. The first-order chi connectivity index (χ1) is 10.9. The number of esters is 1. The molecular formula is C15H17ClN2O5. The van der Waals surface area contributed by atoms with Crippen LogP contribution in [0.5, 0.6) is 0 Å². The number of hydrogen-bond acceptors (Lipinski definition) is 7. The maximum atomic E-state index is 11.7. The Morgan fingerprint density at radius 1 is 1.48 bits per heavy atom. The molecule has 2 unspecified atom stereocenters. The van der Waals surface area contributed by atoms with Crippen molar-refractivity contribution < 1.29 is 24.1 Å². The topological polar surface area (TPSA) is 89.9 Å². The zero-order valence-electron chi connectivity index (χ0n) is 12.7. The Kier molecular flexibility index (Phi) is 4.18. The molecule has 124 valence electrons. The summed E-state index contributed by atoms with van der Waals surface area (Å²) < 4.78 is 16.4. The summed E-state index contributed by atoms with van der Waals surface area (Å²) in [4.78, 5) is 15.7. The lowest BCUT2D eigenvalue weighted by atomic mass is 10.1. The number of ether oxygens (including phenoxy) is 3. The van der Waals surface area contributed by atoms with E-state index in [0.29, 0.717) is 11.7 Å². The van der Waals surface area contributed by atoms with E-state index in [0.717, 1.165) is 5.56 Å². The Balaban J connectivity index is 1.72. The number of nitrogens with one attached hydrogen (secondary N) is 1. The molecular weight excluding hydrogens is 324 g/mol. The van der Waals surface area contributed by atoms with Gasteiger partial charge < -0.3 is 24.6 Å². The SMILES string of the molecule is CC1(C)OCC(C2OC(=O)C(O)=C2NCc2ccc(Cl)nc2)O1. The second-order valence-electron chi connectivity index (χ2n) is 5.80. The molecule has 2 aliphatic heterocycles. The first-order valence-electron chi connectivity index (χ1n) is 7.16. The largest absolute Gasteiger partial charge is 0.501 e. The first kappa shape index (κ1) is 16.0. The monoisotopic (exact) mass is 340 g/mol. The van der Waals surface area contributed by atoms with Crippen molar-refractivity contribution in [2.45, 2.75) is 38.4 Å². The summed E-state index contributed by atoms with van der Waals surface area (Å²) in [6.07, 6.45) is 0.395. The number of halogens is 1. The number of aliphatic hydroxyl groups is 1. The molecule has 2 aliphatic rings. The Labute approximate surface area is 138 Å². The van der Waals surface area contributed by atoms with E-state index in [2.05, 4.69) is 10.3 Å². The summed E-state index contributed by atoms with van der Waals surface area (Å²) in [6.45, 7) is 4.18. The second-order valence-corrected chi connectivity index (χ2v) is 6.19. The highest BCUT2D eigenvalue weighted by atomic mass is 35.5. The number of hydrogen-bond donors (Lipinski definition) is 2. The number of carbonyl (C=O) groups excluding carboxylic acids is 1. The van der Waals surface area contributed by atoms with Gasteiger partial charge in [-0.2, -0.15) is 0 Å². The number of aromatic nitrogens is 1. The third kappa shape index (κ3) is 3.41. The number of cyclic esters (lactones) is 1. The molecule has 1 saturated heterocycles. The first-order valence-corrected chi connectivity index (χ1v) is 7.54. The van der Waals surface area contributed by atoms with Crippen molar-refractivity contribution in [1.29, 1.82) is 0 Å². The maximum Gasteiger partial charge on any atom is 0.376 e. The highest BCUT2D eigenvalue weighted by Gasteiger charge is 2.46. The van der Waals surface area contributed by atoms with E-state index < -0.39 is 29.7 Å². The molecule has 3 rings (SSSR count). The number of aliphatic hydroxyl groups excluding tert-OH is 1. The summed E-state index contributed by atoms with van der Waals surface area (Å²) >= 11 is 5.74. The molecule has 0 spiro atoms. The summed E-state index contributed by atoms with van der Waals surface area (Å²) in [5.41, 5.74) is 1.13. The van der Waals surface area contributed by atoms with Crippen LogP contribution >= 0.6 is 11.6 Å². The molecule has 1 aromatic heterocycles. The van der Waals surface area contributed by atoms with Crippen molar-refractivity contribution in [2.24, 2.45) is 0 Å². The molecule has 2 N–H and O–H groups in total. The molecule has 1 aromatic rings. The molecule has 8 heteroatoms. The van der Waals surface area contributed by atoms with E-state index in [9.17, 15) is 9.90 Å². The predicted molar refractivity (Wildman–Crippen MR) is 80.5 cm³/mol. The number of rotatable bonds is 4. The second kappa shape index (κ2) is 5.99. The Bertz CT molecular complexity index is 644. The minimum absolute atomic E-state index is 0.270. The molecule has 0 radical (unpaired) electrons. The zero-order valence-corrected chi connectivity index (χ0v) is 13.5. The molecule has 1 fully saturated rings. The van der Waals surface area contributed by atoms with Gasteiger partial charge in [-0.05, 0) is 25.5 Å². The lowest BCUT2D eigenvalue weighted by Crippen LogP contribution is -2.36. The molecule has 0 aliphatic carbocycles. The molecule has 0 amide bonds. The van der Waals surface area contributed by atoms with Gasteiger partial charge in [0.15, 0.2) is 11.9 Å². The maximum absolute atomic E-state index is 11.7. The number of nitrogens with zero attached hydrogens (tertiary/aromatic N) is 1. The van der Waals surface area contributed by atoms with E-state index in [1.807, 2.05) is 0 Å². The van der Waals surface area contributed by atoms with Crippen LogP contribution in [-0.4, -0.2) is 40.7 Å². The quantitative estimate of drug-likeness (QED) is 0.636. The van der Waals surface area contributed by atoms with Gasteiger partial charge in [-0.3, -0.25) is 0 Å². The van der Waals surface area contributed by atoms with Crippen molar-refractivity contribution in [2.75, 3.05) is 6.61 Å². The average Bonchev–Trinajstić information content (AvgIpc) is 3.00. The van der Waals surface area contributed by atoms with Crippen LogP contribution in [0.4, 0.5) is 0 Å². The van der Waals surface area contributed by atoms with Gasteiger partial charge in [0.1, 0.15) is 17.0 Å². The van der Waals surface area contributed by atoms with Crippen molar-refractivity contribution >= 4 is 17.6 Å². The van der Waals surface area contributed by atoms with Crippen LogP contribution in [0.25, 0.3) is 0 Å². The van der Waals surface area contributed by atoms with Crippen LogP contribution in [0.15, 0.2) is 29.8 Å². The van der Waals surface area contributed by atoms with E-state index in [1.54, 1.807) is 32.2 Å². The Hall–Kier alpha value is -1.83. The lowest BCUT2D eigenvalue weighted by Gasteiger charge is -2.22. The third-order valence-corrected chi connectivity index (χ3v) is 3.83. The predicted octanol–water partition coefficient (Wildman–Crippen LogP) is 1.67. The number of carbonyl (C=O) groups is 1. The van der Waals surface area contributed by atoms with Crippen molar-refractivity contribution in [1.82, 2.24) is 10.3 Å². The molecule has 0 saturated carbocycles. The van der Waals surface area contributed by atoms with Crippen molar-refractivity contribution in [3.05, 3.63) is 40.5 Å². The van der Waals surface area contributed by atoms with Crippen LogP contribution < -0.4 is 5.32 Å². The van der Waals surface area contributed by atoms with Gasteiger partial charge in [0, 0.05) is 12.7 Å². The Morgan fingerprint density at radius 3 is 2.87 bits per heavy atom. The van der Waals surface area contributed by atoms with Crippen LogP contribution in [0.3, 0.4) is 0 Å². The molecule has 7 nitrogen and oxygen atoms in total. The van der Waals surface area contributed by atoms with Gasteiger partial charge in [-0.25, -0.2) is 9.78 Å². The Morgan fingerprint density at radius 2 is 2.26 bits per heavy atom. The van der Waals surface area contributed by atoms with E-state index in [-0.39, 0.29) is 12.3 Å². The van der Waals surface area contributed by atoms with Crippen molar-refractivity contribution in [3.63, 3.8) is 0 Å². The fourth-order valence-electron chi connectivity index (χ4n) is 2.49. The van der Waals surface area contributed by atoms with Crippen LogP contribution in [0.1, 0.15) is 19.4 Å². The van der Waals surface area contributed by atoms with Gasteiger partial charge >= 0.3 is 5.97 Å². The van der Waals surface area contributed by atoms with Crippen LogP contribution in [0, 0.1) is 0 Å². The van der Waals surface area contributed by atoms with Gasteiger partial charge in [0.05, 0.1) is 6.61 Å². The molecule has 3 heterocycles. The minimum Gasteiger partial charge on any atom is -0.501 e. The van der Waals surface area contributed by atoms with Crippen LogP contribution in [0.2, 0.25) is 5.15 Å². The molecule has 0 aromatic carbocycles. The molecule has 23 heavy (non-hydrogen) atoms. The third-order valence-electron chi connectivity index (χ3n) is 3.61. The summed E-state index contributed by atoms with van der Waals surface area (Å²) in [7, 11) is 0.